The van der Waals surface area contributed by atoms with Crippen molar-refractivity contribution in [2.75, 3.05) is 0 Å². The van der Waals surface area contributed by atoms with E-state index in [4.69, 9.17) is 0 Å². The van der Waals surface area contributed by atoms with Crippen molar-refractivity contribution in [1.82, 2.24) is 0 Å². The van der Waals surface area contributed by atoms with Crippen molar-refractivity contribution in [3.8, 4) is 0 Å². The maximum atomic E-state index is 10.5. The molecule has 1 heterocycles. The van der Waals surface area contributed by atoms with E-state index in [1.807, 2.05) is 18.5 Å². The van der Waals surface area contributed by atoms with Crippen LogP contribution in [0.15, 0.2) is 18.2 Å². The van der Waals surface area contributed by atoms with Crippen molar-refractivity contribution in [3.05, 3.63) is 33.3 Å². The highest BCUT2D eigenvalue weighted by Gasteiger charge is 2.16. The van der Waals surface area contributed by atoms with Crippen LogP contribution in [-0.4, -0.2) is 4.92 Å². The van der Waals surface area contributed by atoms with E-state index in [1.165, 1.54) is 6.07 Å². The van der Waals surface area contributed by atoms with Crippen LogP contribution >= 0.6 is 11.3 Å². The second-order valence-electron chi connectivity index (χ2n) is 3.09. The van der Waals surface area contributed by atoms with Gasteiger partial charge in [0, 0.05) is 25.1 Å². The Kier molecular flexibility index (Phi) is 1.96. The minimum atomic E-state index is -0.367. The minimum absolute atomic E-state index is 0.152. The standard InChI is InChI=1S/C9H9N2O2S/c1-6-10(2)8-4-3-7(11(12)13)5-9(8)14-6/h3-5H,1-2H3/q+1. The fraction of sp³-hybridized carbons (Fsp3) is 0.222. The van der Waals surface area contributed by atoms with Crippen LogP contribution < -0.4 is 4.57 Å². The normalized spacial score (nSPS) is 10.7. The summed E-state index contributed by atoms with van der Waals surface area (Å²) >= 11 is 1.57. The lowest BCUT2D eigenvalue weighted by Gasteiger charge is -1.88. The van der Waals surface area contributed by atoms with E-state index in [1.54, 1.807) is 23.5 Å². The molecule has 0 aliphatic heterocycles. The zero-order valence-corrected chi connectivity index (χ0v) is 8.67. The highest BCUT2D eigenvalue weighted by Crippen LogP contribution is 2.24. The molecule has 2 rings (SSSR count). The van der Waals surface area contributed by atoms with Crippen molar-refractivity contribution >= 4 is 27.2 Å². The molecule has 0 radical (unpaired) electrons. The smallest absolute Gasteiger partial charge is 0.258 e. The van der Waals surface area contributed by atoms with Crippen molar-refractivity contribution in [2.24, 2.45) is 7.05 Å². The van der Waals surface area contributed by atoms with Crippen LogP contribution in [0, 0.1) is 17.0 Å². The van der Waals surface area contributed by atoms with Gasteiger partial charge in [-0.25, -0.2) is 0 Å². The number of rotatable bonds is 1. The van der Waals surface area contributed by atoms with Crippen LogP contribution in [0.4, 0.5) is 5.69 Å². The van der Waals surface area contributed by atoms with Gasteiger partial charge in [-0.15, -0.1) is 0 Å². The topological polar surface area (TPSA) is 47.0 Å². The van der Waals surface area contributed by atoms with Crippen molar-refractivity contribution < 1.29 is 9.49 Å². The molecule has 0 atom stereocenters. The van der Waals surface area contributed by atoms with Gasteiger partial charge in [-0.2, -0.15) is 4.57 Å². The molecule has 14 heavy (non-hydrogen) atoms. The summed E-state index contributed by atoms with van der Waals surface area (Å²) in [5, 5.41) is 11.7. The van der Waals surface area contributed by atoms with Crippen LogP contribution in [0.1, 0.15) is 5.01 Å². The summed E-state index contributed by atoms with van der Waals surface area (Å²) < 4.78 is 2.99. The molecule has 0 amide bonds. The number of nitrogens with zero attached hydrogens (tertiary/aromatic N) is 2. The Morgan fingerprint density at radius 3 is 2.86 bits per heavy atom. The van der Waals surface area contributed by atoms with Gasteiger partial charge in [-0.3, -0.25) is 10.1 Å². The summed E-state index contributed by atoms with van der Waals surface area (Å²) in [6, 6.07) is 4.94. The quantitative estimate of drug-likeness (QED) is 0.409. The van der Waals surface area contributed by atoms with Crippen molar-refractivity contribution in [2.45, 2.75) is 6.92 Å². The summed E-state index contributed by atoms with van der Waals surface area (Å²) in [5.74, 6) is 0. The van der Waals surface area contributed by atoms with E-state index in [0.717, 1.165) is 15.2 Å². The zero-order valence-electron chi connectivity index (χ0n) is 7.85. The summed E-state index contributed by atoms with van der Waals surface area (Å²) in [6.07, 6.45) is 0. The molecule has 0 N–H and O–H groups in total. The summed E-state index contributed by atoms with van der Waals surface area (Å²) in [5.41, 5.74) is 1.19. The summed E-state index contributed by atoms with van der Waals surface area (Å²) in [6.45, 7) is 2.00. The fourth-order valence-electron chi connectivity index (χ4n) is 1.37. The number of thiazole rings is 1. The Morgan fingerprint density at radius 1 is 1.50 bits per heavy atom. The van der Waals surface area contributed by atoms with Gasteiger partial charge in [0.15, 0.2) is 0 Å². The predicted octanol–water partition coefficient (Wildman–Crippen LogP) is 1.94. The molecule has 0 aliphatic rings. The Morgan fingerprint density at radius 2 is 2.21 bits per heavy atom. The maximum absolute atomic E-state index is 10.5. The van der Waals surface area contributed by atoms with Crippen LogP contribution in [0.25, 0.3) is 10.2 Å². The number of nitro groups is 1. The zero-order chi connectivity index (χ0) is 10.3. The van der Waals surface area contributed by atoms with Crippen LogP contribution in [0.5, 0.6) is 0 Å². The first kappa shape index (κ1) is 9.08. The van der Waals surface area contributed by atoms with E-state index in [2.05, 4.69) is 0 Å². The third-order valence-electron chi connectivity index (χ3n) is 2.25. The Balaban J connectivity index is 2.73. The molecule has 0 saturated carbocycles. The summed E-state index contributed by atoms with van der Waals surface area (Å²) in [4.78, 5) is 10.2. The molecule has 0 aliphatic carbocycles. The average Bonchev–Trinajstić information content (AvgIpc) is 2.42. The average molecular weight is 209 g/mol. The third-order valence-corrected chi connectivity index (χ3v) is 3.36. The predicted molar refractivity (Wildman–Crippen MR) is 54.4 cm³/mol. The number of benzene rings is 1. The molecule has 1 aromatic carbocycles. The molecule has 5 heteroatoms. The monoisotopic (exact) mass is 209 g/mol. The molecule has 72 valence electrons. The number of aromatic nitrogens is 1. The summed E-state index contributed by atoms with van der Waals surface area (Å²) in [7, 11) is 1.96. The maximum Gasteiger partial charge on any atom is 0.271 e. The van der Waals surface area contributed by atoms with Crippen LogP contribution in [-0.2, 0) is 7.05 Å². The molecular weight excluding hydrogens is 200 g/mol. The lowest BCUT2D eigenvalue weighted by molar-refractivity contribution is -0.646. The van der Waals surface area contributed by atoms with E-state index < -0.39 is 0 Å². The SMILES string of the molecule is Cc1sc2cc([N+](=O)[O-])ccc2[n+]1C. The molecule has 0 spiro atoms. The van der Waals surface area contributed by atoms with Crippen LogP contribution in [0.3, 0.4) is 0 Å². The minimum Gasteiger partial charge on any atom is -0.258 e. The highest BCUT2D eigenvalue weighted by molar-refractivity contribution is 7.18. The Hall–Kier alpha value is -1.49. The molecule has 0 unspecified atom stereocenters. The first-order valence-electron chi connectivity index (χ1n) is 4.13. The second kappa shape index (κ2) is 3.02. The van der Waals surface area contributed by atoms with Gasteiger partial charge in [-0.05, 0) is 0 Å². The number of non-ortho nitro benzene ring substituents is 1. The van der Waals surface area contributed by atoms with Gasteiger partial charge in [0.1, 0.15) is 11.7 Å². The molecule has 1 aromatic heterocycles. The molecular formula is C9H9N2O2S+. The van der Waals surface area contributed by atoms with Gasteiger partial charge in [0.2, 0.25) is 10.5 Å². The fourth-order valence-corrected chi connectivity index (χ4v) is 2.42. The number of fused-ring (bicyclic) bond motifs is 1. The first-order chi connectivity index (χ1) is 6.59. The molecule has 0 fully saturated rings. The van der Waals surface area contributed by atoms with E-state index in [-0.39, 0.29) is 10.6 Å². The van der Waals surface area contributed by atoms with Crippen molar-refractivity contribution in [1.29, 1.82) is 0 Å². The Labute approximate surface area is 84.6 Å². The lowest BCUT2D eigenvalue weighted by atomic mass is 10.3. The number of hydrogen-bond acceptors (Lipinski definition) is 3. The van der Waals surface area contributed by atoms with E-state index in [0.29, 0.717) is 0 Å². The largest absolute Gasteiger partial charge is 0.271 e. The van der Waals surface area contributed by atoms with Gasteiger partial charge in [0.25, 0.3) is 5.69 Å². The highest BCUT2D eigenvalue weighted by atomic mass is 32.1. The van der Waals surface area contributed by atoms with E-state index >= 15 is 0 Å². The lowest BCUT2D eigenvalue weighted by Crippen LogP contribution is -2.28. The molecule has 0 saturated heterocycles. The molecule has 4 nitrogen and oxygen atoms in total. The first-order valence-corrected chi connectivity index (χ1v) is 4.95. The number of hydrogen-bond donors (Lipinski definition) is 0. The van der Waals surface area contributed by atoms with Crippen molar-refractivity contribution in [3.63, 3.8) is 0 Å². The number of nitro benzene ring substituents is 1. The third kappa shape index (κ3) is 1.26. The van der Waals surface area contributed by atoms with Gasteiger partial charge in [-0.1, -0.05) is 11.3 Å². The van der Waals surface area contributed by atoms with E-state index in [9.17, 15) is 10.1 Å². The Bertz CT molecular complexity index is 519. The number of aryl methyl sites for hydroxylation is 2. The second-order valence-corrected chi connectivity index (χ2v) is 4.32. The molecule has 2 aromatic rings. The molecule has 0 bridgehead atoms. The van der Waals surface area contributed by atoms with Gasteiger partial charge >= 0.3 is 0 Å². The van der Waals surface area contributed by atoms with Gasteiger partial charge in [0.05, 0.1) is 4.92 Å². The van der Waals surface area contributed by atoms with Crippen LogP contribution in [0.2, 0.25) is 0 Å². The van der Waals surface area contributed by atoms with Gasteiger partial charge < -0.3 is 0 Å².